The average Bonchev–Trinajstić information content (AvgIpc) is 3.20. The fraction of sp³-hybridized carbons (Fsp3) is 0.222. The molecule has 0 fully saturated rings. The highest BCUT2D eigenvalue weighted by Gasteiger charge is 2.17. The molecule has 26 heavy (non-hydrogen) atoms. The van der Waals surface area contributed by atoms with Gasteiger partial charge in [-0.15, -0.1) is 11.3 Å². The van der Waals surface area contributed by atoms with E-state index < -0.39 is 0 Å². The second-order valence-electron chi connectivity index (χ2n) is 5.66. The Kier molecular flexibility index (Phi) is 5.43. The van der Waals surface area contributed by atoms with Gasteiger partial charge in [0.25, 0.3) is 5.91 Å². The summed E-state index contributed by atoms with van der Waals surface area (Å²) in [4.78, 5) is 29.8. The van der Waals surface area contributed by atoms with Crippen LogP contribution >= 0.6 is 22.9 Å². The van der Waals surface area contributed by atoms with E-state index in [2.05, 4.69) is 14.7 Å². The number of carbonyl (C=O) groups excluding carboxylic acids is 2. The molecular weight excluding hydrogens is 370 g/mol. The molecular formula is C18H17N3O3S2. The Balaban J connectivity index is 1.78. The van der Waals surface area contributed by atoms with Gasteiger partial charge in [0.1, 0.15) is 11.5 Å². The number of aryl methyl sites for hydroxylation is 1. The van der Waals surface area contributed by atoms with Crippen LogP contribution in [0.2, 0.25) is 0 Å². The summed E-state index contributed by atoms with van der Waals surface area (Å²) in [5.74, 6) is 0.944. The number of ether oxygens (including phenoxy) is 1. The van der Waals surface area contributed by atoms with Crippen LogP contribution in [0, 0.1) is 6.92 Å². The van der Waals surface area contributed by atoms with E-state index in [0.29, 0.717) is 16.5 Å². The maximum Gasteiger partial charge on any atom is 0.258 e. The summed E-state index contributed by atoms with van der Waals surface area (Å²) in [6, 6.07) is 9.58. The first-order valence-electron chi connectivity index (χ1n) is 7.84. The number of carbonyl (C=O) groups is 2. The normalized spacial score (nSPS) is 10.6. The fourth-order valence-corrected chi connectivity index (χ4v) is 3.98. The van der Waals surface area contributed by atoms with Crippen molar-refractivity contribution in [3.8, 4) is 16.2 Å². The number of nitrogens with zero attached hydrogens (tertiary/aromatic N) is 2. The van der Waals surface area contributed by atoms with Crippen LogP contribution < -0.4 is 10.1 Å². The number of ketones is 1. The largest absolute Gasteiger partial charge is 0.497 e. The first-order valence-corrected chi connectivity index (χ1v) is 9.43. The molecule has 0 aliphatic rings. The zero-order valence-electron chi connectivity index (χ0n) is 14.5. The molecule has 1 N–H and O–H groups in total. The van der Waals surface area contributed by atoms with Crippen molar-refractivity contribution in [2.45, 2.75) is 20.3 Å². The molecule has 1 aromatic carbocycles. The molecule has 0 bridgehead atoms. The Morgan fingerprint density at radius 3 is 2.81 bits per heavy atom. The topological polar surface area (TPSA) is 81.2 Å². The minimum absolute atomic E-state index is 0.0164. The first kappa shape index (κ1) is 18.2. The lowest BCUT2D eigenvalue weighted by atomic mass is 10.1. The molecule has 0 aliphatic carbocycles. The summed E-state index contributed by atoms with van der Waals surface area (Å²) in [6.45, 7) is 3.39. The predicted octanol–water partition coefficient (Wildman–Crippen LogP) is 3.97. The van der Waals surface area contributed by atoms with E-state index in [9.17, 15) is 9.59 Å². The van der Waals surface area contributed by atoms with Gasteiger partial charge in [0.05, 0.1) is 19.1 Å². The van der Waals surface area contributed by atoms with Crippen LogP contribution in [0.5, 0.6) is 5.75 Å². The number of hydrogen-bond acceptors (Lipinski definition) is 7. The van der Waals surface area contributed by atoms with E-state index in [1.807, 2.05) is 37.3 Å². The van der Waals surface area contributed by atoms with Crippen molar-refractivity contribution < 1.29 is 14.3 Å². The molecule has 0 spiro atoms. The molecule has 0 radical (unpaired) electrons. The lowest BCUT2D eigenvalue weighted by Crippen LogP contribution is -2.12. The Labute approximate surface area is 159 Å². The second-order valence-corrected chi connectivity index (χ2v) is 7.67. The zero-order valence-corrected chi connectivity index (χ0v) is 16.2. The van der Waals surface area contributed by atoms with Gasteiger partial charge in [0.15, 0.2) is 5.82 Å². The number of Topliss-reactive ketones (excluding diaryl/α,β-unsaturated/α-hetero) is 1. The molecule has 0 saturated heterocycles. The van der Waals surface area contributed by atoms with Crippen LogP contribution in [-0.2, 0) is 11.2 Å². The molecule has 2 heterocycles. The third-order valence-electron chi connectivity index (χ3n) is 3.61. The maximum absolute atomic E-state index is 12.6. The van der Waals surface area contributed by atoms with E-state index in [1.54, 1.807) is 18.4 Å². The lowest BCUT2D eigenvalue weighted by Gasteiger charge is -2.02. The lowest BCUT2D eigenvalue weighted by molar-refractivity contribution is -0.116. The smallest absolute Gasteiger partial charge is 0.258 e. The molecule has 8 heteroatoms. The van der Waals surface area contributed by atoms with Gasteiger partial charge in [0.2, 0.25) is 5.13 Å². The van der Waals surface area contributed by atoms with Crippen LogP contribution in [0.15, 0.2) is 30.3 Å². The van der Waals surface area contributed by atoms with Crippen molar-refractivity contribution >= 4 is 39.7 Å². The Morgan fingerprint density at radius 2 is 2.08 bits per heavy atom. The van der Waals surface area contributed by atoms with Crippen molar-refractivity contribution in [3.63, 3.8) is 0 Å². The third kappa shape index (κ3) is 4.14. The highest BCUT2D eigenvalue weighted by molar-refractivity contribution is 7.15. The molecule has 6 nitrogen and oxygen atoms in total. The Bertz CT molecular complexity index is 962. The van der Waals surface area contributed by atoms with Gasteiger partial charge in [-0.25, -0.2) is 4.98 Å². The molecule has 134 valence electrons. The van der Waals surface area contributed by atoms with E-state index in [4.69, 9.17) is 4.74 Å². The van der Waals surface area contributed by atoms with Gasteiger partial charge < -0.3 is 4.74 Å². The summed E-state index contributed by atoms with van der Waals surface area (Å²) in [6.07, 6.45) is 0.170. The van der Waals surface area contributed by atoms with Crippen molar-refractivity contribution in [2.24, 2.45) is 0 Å². The van der Waals surface area contributed by atoms with Crippen LogP contribution in [0.3, 0.4) is 0 Å². The van der Waals surface area contributed by atoms with Crippen LogP contribution in [0.4, 0.5) is 5.13 Å². The number of rotatable bonds is 6. The molecule has 0 unspecified atom stereocenters. The number of amides is 1. The number of thiophene rings is 1. The van der Waals surface area contributed by atoms with Crippen molar-refractivity contribution in [2.75, 3.05) is 12.4 Å². The molecule has 3 aromatic rings. The summed E-state index contributed by atoms with van der Waals surface area (Å²) >= 11 is 2.62. The van der Waals surface area contributed by atoms with E-state index in [1.165, 1.54) is 6.92 Å². The monoisotopic (exact) mass is 387 g/mol. The van der Waals surface area contributed by atoms with Gasteiger partial charge in [-0.1, -0.05) is 12.1 Å². The quantitative estimate of drug-likeness (QED) is 0.692. The molecule has 3 rings (SSSR count). The van der Waals surface area contributed by atoms with Crippen LogP contribution in [0.1, 0.15) is 28.0 Å². The van der Waals surface area contributed by atoms with Crippen molar-refractivity contribution in [1.29, 1.82) is 0 Å². The standard InChI is InChI=1S/C18H17N3O3S2/c1-10(22)7-16-19-18(26-21-16)20-17(23)14-9-15(25-11(14)2)12-5-4-6-13(8-12)24-3/h4-6,8-9H,7H2,1-3H3,(H,19,20,21,23). The zero-order chi connectivity index (χ0) is 18.7. The number of benzene rings is 1. The SMILES string of the molecule is COc1cccc(-c2cc(C(=O)Nc3nc(CC(C)=O)ns3)c(C)s2)c1. The molecule has 0 saturated carbocycles. The number of nitrogens with one attached hydrogen (secondary N) is 1. The molecule has 1 amide bonds. The average molecular weight is 387 g/mol. The highest BCUT2D eigenvalue weighted by atomic mass is 32.1. The molecule has 0 aliphatic heterocycles. The number of anilines is 1. The first-order chi connectivity index (χ1) is 12.5. The Hall–Kier alpha value is -2.58. The number of hydrogen-bond donors (Lipinski definition) is 1. The predicted molar refractivity (Wildman–Crippen MR) is 103 cm³/mol. The number of methoxy groups -OCH3 is 1. The van der Waals surface area contributed by atoms with Gasteiger partial charge in [-0.3, -0.25) is 14.9 Å². The van der Waals surface area contributed by atoms with Gasteiger partial charge in [-0.2, -0.15) is 4.37 Å². The third-order valence-corrected chi connectivity index (χ3v) is 5.38. The van der Waals surface area contributed by atoms with Crippen molar-refractivity contribution in [1.82, 2.24) is 9.36 Å². The summed E-state index contributed by atoms with van der Waals surface area (Å²) < 4.78 is 9.34. The molecule has 0 atom stereocenters. The minimum Gasteiger partial charge on any atom is -0.497 e. The Morgan fingerprint density at radius 1 is 1.27 bits per heavy atom. The summed E-state index contributed by atoms with van der Waals surface area (Å²) in [5.41, 5.74) is 1.59. The molecule has 2 aromatic heterocycles. The van der Waals surface area contributed by atoms with Gasteiger partial charge in [0, 0.05) is 21.3 Å². The van der Waals surface area contributed by atoms with Crippen LogP contribution in [-0.4, -0.2) is 28.2 Å². The maximum atomic E-state index is 12.6. The summed E-state index contributed by atoms with van der Waals surface area (Å²) in [5, 5.41) is 3.15. The fourth-order valence-electron chi connectivity index (χ4n) is 2.39. The second kappa shape index (κ2) is 7.76. The van der Waals surface area contributed by atoms with E-state index in [-0.39, 0.29) is 18.1 Å². The van der Waals surface area contributed by atoms with Crippen molar-refractivity contribution in [3.05, 3.63) is 46.6 Å². The van der Waals surface area contributed by atoms with Gasteiger partial charge in [-0.05, 0) is 37.6 Å². The van der Waals surface area contributed by atoms with Crippen LogP contribution in [0.25, 0.3) is 10.4 Å². The van der Waals surface area contributed by atoms with E-state index in [0.717, 1.165) is 32.6 Å². The highest BCUT2D eigenvalue weighted by Crippen LogP contribution is 2.33. The minimum atomic E-state index is -0.238. The number of aromatic nitrogens is 2. The summed E-state index contributed by atoms with van der Waals surface area (Å²) in [7, 11) is 1.63. The van der Waals surface area contributed by atoms with Gasteiger partial charge >= 0.3 is 0 Å². The van der Waals surface area contributed by atoms with E-state index >= 15 is 0 Å².